The van der Waals surface area contributed by atoms with Gasteiger partial charge in [-0.3, -0.25) is 0 Å². The number of rotatable bonds is 3. The molecule has 1 heterocycles. The van der Waals surface area contributed by atoms with Crippen LogP contribution in [0.2, 0.25) is 0 Å². The fraction of sp³-hybridized carbons (Fsp3) is 0.375. The molecular weight excluding hydrogens is 138 g/mol. The molecule has 0 bridgehead atoms. The quantitative estimate of drug-likeness (QED) is 0.642. The average molecular weight is 151 g/mol. The van der Waals surface area contributed by atoms with E-state index in [1.165, 1.54) is 12.5 Å². The van der Waals surface area contributed by atoms with Crippen LogP contribution >= 0.6 is 0 Å². The molecule has 0 aliphatic rings. The van der Waals surface area contributed by atoms with Gasteiger partial charge in [0.25, 0.3) is 0 Å². The van der Waals surface area contributed by atoms with E-state index in [1.807, 2.05) is 0 Å². The Hall–Kier alpha value is -0.473. The zero-order valence-corrected chi connectivity index (χ0v) is 7.09. The van der Waals surface area contributed by atoms with Gasteiger partial charge in [0.15, 0.2) is 0 Å². The molecule has 0 saturated carbocycles. The molecular formula is C8H13NSi. The molecule has 0 atom stereocenters. The second-order valence-electron chi connectivity index (χ2n) is 2.38. The first-order valence-corrected chi connectivity index (χ1v) is 5.53. The first-order chi connectivity index (χ1) is 4.93. The van der Waals surface area contributed by atoms with Gasteiger partial charge in [-0.1, -0.05) is 29.6 Å². The zero-order chi connectivity index (χ0) is 7.23. The smallest absolute Gasteiger partial charge is 0.0370 e. The molecule has 0 unspecified atom stereocenters. The van der Waals surface area contributed by atoms with E-state index in [0.717, 1.165) is 6.54 Å². The Morgan fingerprint density at radius 1 is 1.10 bits per heavy atom. The predicted molar refractivity (Wildman–Crippen MR) is 46.1 cm³/mol. The lowest BCUT2D eigenvalue weighted by Crippen LogP contribution is -2.05. The van der Waals surface area contributed by atoms with Crippen molar-refractivity contribution in [3.8, 4) is 0 Å². The van der Waals surface area contributed by atoms with E-state index in [1.54, 1.807) is 0 Å². The van der Waals surface area contributed by atoms with Crippen LogP contribution < -0.4 is 5.73 Å². The molecule has 0 saturated heterocycles. The summed E-state index contributed by atoms with van der Waals surface area (Å²) in [6.45, 7) is 0.833. The number of hydrogen-bond donors (Lipinski definition) is 1. The lowest BCUT2D eigenvalue weighted by molar-refractivity contribution is 0.890. The summed E-state index contributed by atoms with van der Waals surface area (Å²) in [6.07, 6.45) is 1.17. The van der Waals surface area contributed by atoms with E-state index in [4.69, 9.17) is 5.73 Å². The molecule has 1 aromatic heterocycles. The topological polar surface area (TPSA) is 26.0 Å². The van der Waals surface area contributed by atoms with E-state index < -0.39 is 0 Å². The SMILES string of the molecule is NCCC[si]1ccccc1. The first-order valence-electron chi connectivity index (χ1n) is 3.67. The van der Waals surface area contributed by atoms with Gasteiger partial charge in [-0.15, -0.1) is 0 Å². The first kappa shape index (κ1) is 7.63. The van der Waals surface area contributed by atoms with E-state index in [0.29, 0.717) is 0 Å². The highest BCUT2D eigenvalue weighted by Gasteiger charge is 1.88. The number of aryl methyl sites for hydroxylation is 1. The van der Waals surface area contributed by atoms with Crippen molar-refractivity contribution in [1.82, 2.24) is 0 Å². The Morgan fingerprint density at radius 3 is 2.40 bits per heavy atom. The molecule has 54 valence electrons. The highest BCUT2D eigenvalue weighted by molar-refractivity contribution is 6.49. The normalized spacial score (nSPS) is 9.70. The van der Waals surface area contributed by atoms with Gasteiger partial charge in [-0.2, -0.15) is 0 Å². The van der Waals surface area contributed by atoms with Crippen LogP contribution in [-0.4, -0.2) is 14.9 Å². The van der Waals surface area contributed by atoms with Crippen LogP contribution in [0.15, 0.2) is 29.6 Å². The Bertz CT molecular complexity index is 174. The Kier molecular flexibility index (Phi) is 3.33. The van der Waals surface area contributed by atoms with E-state index in [2.05, 4.69) is 29.6 Å². The second kappa shape index (κ2) is 4.36. The molecule has 10 heavy (non-hydrogen) atoms. The molecule has 1 rings (SSSR count). The van der Waals surface area contributed by atoms with Gasteiger partial charge in [-0.05, 0) is 19.0 Å². The summed E-state index contributed by atoms with van der Waals surface area (Å²) < 4.78 is 0. The minimum absolute atomic E-state index is 0.283. The van der Waals surface area contributed by atoms with Gasteiger partial charge in [0.1, 0.15) is 0 Å². The molecule has 0 amide bonds. The molecule has 0 aromatic carbocycles. The molecule has 0 aliphatic carbocycles. The van der Waals surface area contributed by atoms with Crippen molar-refractivity contribution in [1.29, 1.82) is 0 Å². The molecule has 0 aliphatic heterocycles. The van der Waals surface area contributed by atoms with Gasteiger partial charge in [0.2, 0.25) is 0 Å². The maximum atomic E-state index is 5.41. The third-order valence-electron chi connectivity index (χ3n) is 1.51. The third-order valence-corrected chi connectivity index (χ3v) is 3.68. The van der Waals surface area contributed by atoms with Crippen LogP contribution in [0.5, 0.6) is 0 Å². The highest BCUT2D eigenvalue weighted by Crippen LogP contribution is 1.88. The lowest BCUT2D eigenvalue weighted by atomic mass is 10.5. The molecule has 0 radical (unpaired) electrons. The van der Waals surface area contributed by atoms with Gasteiger partial charge < -0.3 is 5.73 Å². The maximum Gasteiger partial charge on any atom is 0.0370 e. The number of nitrogens with two attached hydrogens (primary N) is 1. The zero-order valence-electron chi connectivity index (χ0n) is 6.09. The Morgan fingerprint density at radius 2 is 1.80 bits per heavy atom. The van der Waals surface area contributed by atoms with Crippen LogP contribution in [0.3, 0.4) is 0 Å². The minimum Gasteiger partial charge on any atom is -0.330 e. The monoisotopic (exact) mass is 151 g/mol. The van der Waals surface area contributed by atoms with Crippen molar-refractivity contribution in [3.63, 3.8) is 0 Å². The van der Waals surface area contributed by atoms with Crippen LogP contribution in [0, 0.1) is 0 Å². The molecule has 1 aromatic rings. The maximum absolute atomic E-state index is 5.41. The van der Waals surface area contributed by atoms with Crippen molar-refractivity contribution in [2.75, 3.05) is 6.54 Å². The largest absolute Gasteiger partial charge is 0.330 e. The van der Waals surface area contributed by atoms with E-state index >= 15 is 0 Å². The summed E-state index contributed by atoms with van der Waals surface area (Å²) in [5.74, 6) is 0. The standard InChI is InChI=1S/C8H13NSi/c9-5-4-8-10-6-2-1-3-7-10/h1-3,6-7H,4-5,8-9H2. The summed E-state index contributed by atoms with van der Waals surface area (Å²) in [5, 5.41) is 0. The summed E-state index contributed by atoms with van der Waals surface area (Å²) in [4.78, 5) is 0. The lowest BCUT2D eigenvalue weighted by Gasteiger charge is -1.95. The van der Waals surface area contributed by atoms with Crippen LogP contribution in [0.4, 0.5) is 0 Å². The van der Waals surface area contributed by atoms with Crippen molar-refractivity contribution < 1.29 is 0 Å². The summed E-state index contributed by atoms with van der Waals surface area (Å²) in [5.41, 5.74) is 10.0. The van der Waals surface area contributed by atoms with Crippen LogP contribution in [0.25, 0.3) is 0 Å². The van der Waals surface area contributed by atoms with E-state index in [-0.39, 0.29) is 8.40 Å². The van der Waals surface area contributed by atoms with Crippen molar-refractivity contribution in [3.05, 3.63) is 29.6 Å². The molecule has 2 heteroatoms. The van der Waals surface area contributed by atoms with Crippen molar-refractivity contribution >= 4 is 8.40 Å². The van der Waals surface area contributed by atoms with Gasteiger partial charge in [0, 0.05) is 8.40 Å². The fourth-order valence-corrected chi connectivity index (χ4v) is 2.72. The minimum atomic E-state index is -0.283. The third kappa shape index (κ3) is 2.41. The highest BCUT2D eigenvalue weighted by atomic mass is 28.2. The van der Waals surface area contributed by atoms with Gasteiger partial charge in [0.05, 0.1) is 0 Å². The molecule has 0 fully saturated rings. The Balaban J connectivity index is 2.43. The average Bonchev–Trinajstić information content (AvgIpc) is 2.03. The molecule has 2 N–H and O–H groups in total. The molecule has 0 spiro atoms. The second-order valence-corrected chi connectivity index (χ2v) is 4.69. The van der Waals surface area contributed by atoms with Crippen LogP contribution in [-0.2, 0) is 6.04 Å². The van der Waals surface area contributed by atoms with Crippen molar-refractivity contribution in [2.24, 2.45) is 5.73 Å². The van der Waals surface area contributed by atoms with Crippen molar-refractivity contribution in [2.45, 2.75) is 12.5 Å². The Labute approximate surface area is 63.4 Å². The fourth-order valence-electron chi connectivity index (χ4n) is 0.951. The summed E-state index contributed by atoms with van der Waals surface area (Å²) in [6, 6.07) is 7.66. The summed E-state index contributed by atoms with van der Waals surface area (Å²) >= 11 is 0. The number of hydrogen-bond acceptors (Lipinski definition) is 1. The van der Waals surface area contributed by atoms with Crippen LogP contribution in [0.1, 0.15) is 6.42 Å². The summed E-state index contributed by atoms with van der Waals surface area (Å²) in [7, 11) is -0.283. The molecule has 1 nitrogen and oxygen atoms in total. The predicted octanol–water partition coefficient (Wildman–Crippen LogP) is 1.06. The van der Waals surface area contributed by atoms with E-state index in [9.17, 15) is 0 Å². The van der Waals surface area contributed by atoms with Gasteiger partial charge in [-0.25, -0.2) is 0 Å². The van der Waals surface area contributed by atoms with Gasteiger partial charge >= 0.3 is 0 Å².